The van der Waals surface area contributed by atoms with E-state index in [1.165, 1.54) is 0 Å². The second-order valence-electron chi connectivity index (χ2n) is 4.81. The van der Waals surface area contributed by atoms with Crippen LogP contribution in [0.3, 0.4) is 0 Å². The highest BCUT2D eigenvalue weighted by Crippen LogP contribution is 2.59. The molecule has 2 atom stereocenters. The van der Waals surface area contributed by atoms with Gasteiger partial charge < -0.3 is 10.3 Å². The van der Waals surface area contributed by atoms with E-state index in [9.17, 15) is 57.2 Å². The van der Waals surface area contributed by atoms with Crippen LogP contribution in [0, 0.1) is 0 Å². The standard InChI is InChI=1S/C11H4BrF12NOS/c12-4-1-3(2-5(6(4)25)27(26)11(22,23)24)7(13,9(16,17)18)8(14,15)10(19,20)21/h1-2H,25H2. The van der Waals surface area contributed by atoms with Crippen LogP contribution in [0.1, 0.15) is 5.56 Å². The molecule has 2 nitrogen and oxygen atoms in total. The number of anilines is 1. The van der Waals surface area contributed by atoms with Crippen molar-refractivity contribution in [3.8, 4) is 0 Å². The van der Waals surface area contributed by atoms with Gasteiger partial charge in [-0.25, -0.2) is 4.39 Å². The zero-order chi connectivity index (χ0) is 21.8. The predicted octanol–water partition coefficient (Wildman–Crippen LogP) is 5.58. The summed E-state index contributed by atoms with van der Waals surface area (Å²) in [5.74, 6) is -7.11. The highest BCUT2D eigenvalue weighted by molar-refractivity contribution is 9.10. The molecule has 0 aliphatic heterocycles. The summed E-state index contributed by atoms with van der Waals surface area (Å²) in [6.45, 7) is 0. The molecule has 0 bridgehead atoms. The minimum atomic E-state index is -7.11. The van der Waals surface area contributed by atoms with Gasteiger partial charge in [-0.15, -0.1) is 13.2 Å². The monoisotopic (exact) mass is 505 g/mol. The van der Waals surface area contributed by atoms with Crippen LogP contribution in [0.25, 0.3) is 0 Å². The summed E-state index contributed by atoms with van der Waals surface area (Å²) in [7, 11) is 0. The highest BCUT2D eigenvalue weighted by Gasteiger charge is 2.82. The van der Waals surface area contributed by atoms with Gasteiger partial charge in [0.2, 0.25) is 0 Å². The molecule has 0 radical (unpaired) electrons. The number of hydrogen-bond acceptors (Lipinski definition) is 2. The molecule has 1 rings (SSSR count). The first-order chi connectivity index (χ1) is 11.7. The van der Waals surface area contributed by atoms with Gasteiger partial charge in [0.1, 0.15) is 16.9 Å². The number of nitrogens with two attached hydrogens (primary N) is 1. The van der Waals surface area contributed by atoms with E-state index in [4.69, 9.17) is 5.73 Å². The van der Waals surface area contributed by atoms with Crippen LogP contribution in [0.15, 0.2) is 21.5 Å². The van der Waals surface area contributed by atoms with Gasteiger partial charge in [-0.3, -0.25) is 0 Å². The van der Waals surface area contributed by atoms with Crippen LogP contribution in [-0.2, 0) is 16.8 Å². The van der Waals surface area contributed by atoms with Gasteiger partial charge in [-0.2, -0.15) is 35.1 Å². The fraction of sp³-hybridized carbons (Fsp3) is 0.455. The number of rotatable bonds is 3. The first-order valence-electron chi connectivity index (χ1n) is 5.98. The summed E-state index contributed by atoms with van der Waals surface area (Å²) in [4.78, 5) is -1.84. The zero-order valence-corrected chi connectivity index (χ0v) is 14.4. The molecule has 0 saturated carbocycles. The molecule has 2 N–H and O–H groups in total. The lowest BCUT2D eigenvalue weighted by Crippen LogP contribution is -2.59. The van der Waals surface area contributed by atoms with Crippen LogP contribution < -0.4 is 5.73 Å². The van der Waals surface area contributed by atoms with Gasteiger partial charge in [0.05, 0.1) is 0 Å². The molecule has 27 heavy (non-hydrogen) atoms. The number of nitrogen functional groups attached to an aromatic ring is 1. The molecule has 0 amide bonds. The Balaban J connectivity index is 3.90. The van der Waals surface area contributed by atoms with Crippen molar-refractivity contribution in [2.24, 2.45) is 0 Å². The fourth-order valence-corrected chi connectivity index (χ4v) is 3.17. The summed E-state index contributed by atoms with van der Waals surface area (Å²) < 4.78 is 165. The van der Waals surface area contributed by atoms with E-state index in [1.54, 1.807) is 0 Å². The number of hydrogen-bond donors (Lipinski definition) is 1. The maximum atomic E-state index is 14.3. The lowest BCUT2D eigenvalue weighted by molar-refractivity contribution is -0.389. The topological polar surface area (TPSA) is 49.1 Å². The Morgan fingerprint density at radius 1 is 0.815 bits per heavy atom. The van der Waals surface area contributed by atoms with Crippen LogP contribution in [-0.4, -0.2) is 28.3 Å². The number of alkyl halides is 12. The molecule has 0 aromatic heterocycles. The third kappa shape index (κ3) is 3.92. The lowest BCUT2D eigenvalue weighted by Gasteiger charge is -2.36. The molecule has 0 saturated heterocycles. The van der Waals surface area contributed by atoms with Crippen molar-refractivity contribution < 1.29 is 57.2 Å². The van der Waals surface area contributed by atoms with Crippen LogP contribution in [0.4, 0.5) is 58.4 Å². The predicted molar refractivity (Wildman–Crippen MR) is 70.9 cm³/mol. The van der Waals surface area contributed by atoms with E-state index in [0.717, 1.165) is 0 Å². The second-order valence-corrected chi connectivity index (χ2v) is 7.11. The molecule has 1 aromatic rings. The summed E-state index contributed by atoms with van der Waals surface area (Å²) in [5.41, 5.74) is -10.9. The Kier molecular flexibility index (Phi) is 6.04. The smallest absolute Gasteiger partial charge is 0.578 e. The SMILES string of the molecule is Nc1c(Br)cc(C(F)(C(F)(F)F)C(F)(F)C(F)(F)F)cc1[S+]([O-])C(F)(F)F. The van der Waals surface area contributed by atoms with Crippen molar-refractivity contribution >= 4 is 32.8 Å². The van der Waals surface area contributed by atoms with Crippen LogP contribution in [0.2, 0.25) is 0 Å². The third-order valence-corrected chi connectivity index (χ3v) is 4.89. The van der Waals surface area contributed by atoms with Crippen LogP contribution >= 0.6 is 15.9 Å². The quantitative estimate of drug-likeness (QED) is 0.331. The molecule has 0 fully saturated rings. The molecule has 0 aliphatic carbocycles. The van der Waals surface area contributed by atoms with Gasteiger partial charge >= 0.3 is 29.5 Å². The molecule has 0 spiro atoms. The van der Waals surface area contributed by atoms with Gasteiger partial charge in [-0.1, -0.05) is 0 Å². The zero-order valence-electron chi connectivity index (χ0n) is 12.0. The maximum absolute atomic E-state index is 14.3. The summed E-state index contributed by atoms with van der Waals surface area (Å²) >= 11 is -2.04. The van der Waals surface area contributed by atoms with E-state index in [0.29, 0.717) is 0 Å². The Morgan fingerprint density at radius 3 is 1.59 bits per heavy atom. The average Bonchev–Trinajstić information content (AvgIpc) is 2.44. The molecule has 156 valence electrons. The van der Waals surface area contributed by atoms with Gasteiger partial charge in [0.25, 0.3) is 0 Å². The van der Waals surface area contributed by atoms with E-state index in [1.807, 2.05) is 0 Å². The molecule has 1 aromatic carbocycles. The Bertz CT molecular complexity index is 715. The van der Waals surface area contributed by atoms with Crippen molar-refractivity contribution in [2.45, 2.75) is 34.3 Å². The normalized spacial score (nSPS) is 17.6. The Labute approximate surface area is 153 Å². The minimum Gasteiger partial charge on any atom is -0.604 e. The first-order valence-corrected chi connectivity index (χ1v) is 7.92. The summed E-state index contributed by atoms with van der Waals surface area (Å²) in [5, 5.41) is 0. The summed E-state index contributed by atoms with van der Waals surface area (Å²) in [6, 6.07) is -1.00. The van der Waals surface area contributed by atoms with E-state index in [2.05, 4.69) is 15.9 Å². The van der Waals surface area contributed by atoms with Gasteiger partial charge in [0, 0.05) is 16.1 Å². The van der Waals surface area contributed by atoms with Crippen molar-refractivity contribution in [3.63, 3.8) is 0 Å². The molecule has 2 unspecified atom stereocenters. The van der Waals surface area contributed by atoms with Gasteiger partial charge in [0.15, 0.2) is 4.90 Å². The number of benzene rings is 1. The molecule has 0 heterocycles. The lowest BCUT2D eigenvalue weighted by atomic mass is 9.87. The third-order valence-electron chi connectivity index (χ3n) is 3.08. The van der Waals surface area contributed by atoms with Crippen molar-refractivity contribution in [1.82, 2.24) is 0 Å². The van der Waals surface area contributed by atoms with E-state index < -0.39 is 67.3 Å². The average molecular weight is 506 g/mol. The second kappa shape index (κ2) is 6.79. The number of halogens is 13. The van der Waals surface area contributed by atoms with Crippen molar-refractivity contribution in [1.29, 1.82) is 0 Å². The first kappa shape index (κ1) is 24.0. The maximum Gasteiger partial charge on any atom is 0.578 e. The van der Waals surface area contributed by atoms with Crippen molar-refractivity contribution in [2.75, 3.05) is 5.73 Å². The molecule has 0 aliphatic rings. The van der Waals surface area contributed by atoms with Gasteiger partial charge in [-0.05, 0) is 22.0 Å². The minimum absolute atomic E-state index is 0.306. The molecule has 16 heteroatoms. The molecular formula is C11H4BrF12NOS. The van der Waals surface area contributed by atoms with E-state index in [-0.39, 0.29) is 6.07 Å². The fourth-order valence-electron chi connectivity index (χ4n) is 1.79. The van der Waals surface area contributed by atoms with Crippen molar-refractivity contribution in [3.05, 3.63) is 22.2 Å². The Morgan fingerprint density at radius 2 is 1.26 bits per heavy atom. The molecular weight excluding hydrogens is 502 g/mol. The van der Waals surface area contributed by atoms with Crippen LogP contribution in [0.5, 0.6) is 0 Å². The summed E-state index contributed by atoms with van der Waals surface area (Å²) in [6.07, 6.45) is -14.0. The Hall–Kier alpha value is -1.03. The highest BCUT2D eigenvalue weighted by atomic mass is 79.9. The largest absolute Gasteiger partial charge is 0.604 e. The van der Waals surface area contributed by atoms with E-state index >= 15 is 0 Å².